The molecule has 0 saturated heterocycles. The van der Waals surface area contributed by atoms with Crippen molar-refractivity contribution in [3.63, 3.8) is 0 Å². The van der Waals surface area contributed by atoms with E-state index >= 15 is 0 Å². The summed E-state index contributed by atoms with van der Waals surface area (Å²) in [6.07, 6.45) is 1.55. The Bertz CT molecular complexity index is 1130. The van der Waals surface area contributed by atoms with Gasteiger partial charge in [-0.1, -0.05) is 40.2 Å². The SMILES string of the molecule is COc1ccc(-c2nc(-c3nnn4c3CO[C@H](c3ccc(C)cc3)C4)no2)cn1. The van der Waals surface area contributed by atoms with Gasteiger partial charge in [-0.3, -0.25) is 0 Å². The van der Waals surface area contributed by atoms with Crippen LogP contribution in [0.2, 0.25) is 0 Å². The second kappa shape index (κ2) is 7.10. The normalized spacial score (nSPS) is 15.9. The molecule has 1 aliphatic rings. The monoisotopic (exact) mass is 390 g/mol. The molecule has 0 aliphatic carbocycles. The number of nitrogens with zero attached hydrogens (tertiary/aromatic N) is 6. The van der Waals surface area contributed by atoms with Gasteiger partial charge in [0.05, 0.1) is 31.5 Å². The van der Waals surface area contributed by atoms with Gasteiger partial charge in [0, 0.05) is 12.3 Å². The molecule has 1 aliphatic heterocycles. The summed E-state index contributed by atoms with van der Waals surface area (Å²) in [4.78, 5) is 8.60. The van der Waals surface area contributed by atoms with Crippen LogP contribution in [0.25, 0.3) is 23.0 Å². The lowest BCUT2D eigenvalue weighted by atomic mass is 10.1. The summed E-state index contributed by atoms with van der Waals surface area (Å²) in [7, 11) is 1.56. The summed E-state index contributed by atoms with van der Waals surface area (Å²) in [5.41, 5.74) is 4.42. The van der Waals surface area contributed by atoms with Crippen LogP contribution in [0.1, 0.15) is 22.9 Å². The largest absolute Gasteiger partial charge is 0.481 e. The summed E-state index contributed by atoms with van der Waals surface area (Å²) in [6.45, 7) is 3.02. The Kier molecular flexibility index (Phi) is 4.28. The van der Waals surface area contributed by atoms with Crippen molar-refractivity contribution < 1.29 is 14.0 Å². The first kappa shape index (κ1) is 17.5. The second-order valence-corrected chi connectivity index (χ2v) is 6.79. The van der Waals surface area contributed by atoms with E-state index in [1.807, 2.05) is 4.68 Å². The number of hydrogen-bond donors (Lipinski definition) is 0. The molecule has 29 heavy (non-hydrogen) atoms. The van der Waals surface area contributed by atoms with Crippen molar-refractivity contribution in [2.24, 2.45) is 0 Å². The van der Waals surface area contributed by atoms with Crippen LogP contribution in [0.15, 0.2) is 47.1 Å². The van der Waals surface area contributed by atoms with Gasteiger partial charge in [0.25, 0.3) is 5.89 Å². The Morgan fingerprint density at radius 2 is 2.00 bits per heavy atom. The molecule has 0 fully saturated rings. The number of aryl methyl sites for hydroxylation is 1. The smallest absolute Gasteiger partial charge is 0.259 e. The van der Waals surface area contributed by atoms with E-state index in [1.54, 1.807) is 25.4 Å². The van der Waals surface area contributed by atoms with Crippen molar-refractivity contribution in [3.05, 3.63) is 59.4 Å². The molecule has 0 N–H and O–H groups in total. The van der Waals surface area contributed by atoms with Gasteiger partial charge < -0.3 is 14.0 Å². The van der Waals surface area contributed by atoms with Crippen LogP contribution < -0.4 is 4.74 Å². The molecule has 1 aromatic carbocycles. The van der Waals surface area contributed by atoms with Gasteiger partial charge in [-0.15, -0.1) is 5.10 Å². The third-order valence-corrected chi connectivity index (χ3v) is 4.88. The Balaban J connectivity index is 1.39. The Labute approximate surface area is 166 Å². The zero-order valence-electron chi connectivity index (χ0n) is 15.9. The molecule has 3 aromatic heterocycles. The minimum Gasteiger partial charge on any atom is -0.481 e. The predicted octanol–water partition coefficient (Wildman–Crippen LogP) is 2.98. The molecule has 0 radical (unpaired) electrons. The molecule has 9 heteroatoms. The fourth-order valence-electron chi connectivity index (χ4n) is 3.23. The molecule has 0 bridgehead atoms. The van der Waals surface area contributed by atoms with E-state index in [0.717, 1.165) is 11.3 Å². The maximum absolute atomic E-state index is 6.06. The van der Waals surface area contributed by atoms with Gasteiger partial charge in [-0.2, -0.15) is 4.98 Å². The molecular formula is C20H18N6O3. The summed E-state index contributed by atoms with van der Waals surface area (Å²) < 4.78 is 18.3. The number of benzene rings is 1. The topological polar surface area (TPSA) is 101 Å². The first-order valence-corrected chi connectivity index (χ1v) is 9.16. The fraction of sp³-hybridized carbons (Fsp3) is 0.250. The second-order valence-electron chi connectivity index (χ2n) is 6.79. The van der Waals surface area contributed by atoms with Crippen molar-refractivity contribution in [2.75, 3.05) is 7.11 Å². The molecule has 4 heterocycles. The third kappa shape index (κ3) is 3.25. The van der Waals surface area contributed by atoms with E-state index in [0.29, 0.717) is 42.0 Å². The maximum Gasteiger partial charge on any atom is 0.259 e. The lowest BCUT2D eigenvalue weighted by Gasteiger charge is -2.24. The number of methoxy groups -OCH3 is 1. The Morgan fingerprint density at radius 1 is 1.14 bits per heavy atom. The summed E-state index contributed by atoms with van der Waals surface area (Å²) >= 11 is 0. The fourth-order valence-corrected chi connectivity index (χ4v) is 3.23. The van der Waals surface area contributed by atoms with Crippen molar-refractivity contribution in [3.8, 4) is 28.9 Å². The van der Waals surface area contributed by atoms with Crippen molar-refractivity contribution in [1.82, 2.24) is 30.1 Å². The highest BCUT2D eigenvalue weighted by molar-refractivity contribution is 5.58. The molecule has 9 nitrogen and oxygen atoms in total. The standard InChI is InChI=1S/C20H18N6O3/c1-12-3-5-13(6-4-12)16-10-26-15(11-28-16)18(23-25-26)19-22-20(29-24-19)14-7-8-17(27-2)21-9-14/h3-9,16H,10-11H2,1-2H3/t16-/m0/s1. The maximum atomic E-state index is 6.06. The first-order valence-electron chi connectivity index (χ1n) is 9.16. The predicted molar refractivity (Wildman–Crippen MR) is 102 cm³/mol. The quantitative estimate of drug-likeness (QED) is 0.524. The van der Waals surface area contributed by atoms with Gasteiger partial charge in [0.15, 0.2) is 5.69 Å². The average molecular weight is 390 g/mol. The molecule has 146 valence electrons. The van der Waals surface area contributed by atoms with E-state index in [9.17, 15) is 0 Å². The average Bonchev–Trinajstić information content (AvgIpc) is 3.41. The van der Waals surface area contributed by atoms with E-state index in [2.05, 4.69) is 56.6 Å². The number of ether oxygens (including phenoxy) is 2. The van der Waals surface area contributed by atoms with E-state index in [1.165, 1.54) is 5.56 Å². The van der Waals surface area contributed by atoms with Gasteiger partial charge in [0.1, 0.15) is 6.10 Å². The minimum absolute atomic E-state index is 0.0659. The van der Waals surface area contributed by atoms with Crippen molar-refractivity contribution in [1.29, 1.82) is 0 Å². The van der Waals surface area contributed by atoms with E-state index < -0.39 is 0 Å². The summed E-state index contributed by atoms with van der Waals surface area (Å²) in [6, 6.07) is 11.9. The van der Waals surface area contributed by atoms with E-state index in [-0.39, 0.29) is 6.10 Å². The van der Waals surface area contributed by atoms with Gasteiger partial charge in [-0.25, -0.2) is 9.67 Å². The molecule has 0 amide bonds. The number of aromatic nitrogens is 6. The van der Waals surface area contributed by atoms with Crippen LogP contribution in [0.5, 0.6) is 5.88 Å². The Morgan fingerprint density at radius 3 is 2.76 bits per heavy atom. The number of hydrogen-bond acceptors (Lipinski definition) is 8. The van der Waals surface area contributed by atoms with Gasteiger partial charge >= 0.3 is 0 Å². The lowest BCUT2D eigenvalue weighted by molar-refractivity contribution is -0.00112. The highest BCUT2D eigenvalue weighted by Gasteiger charge is 2.27. The van der Waals surface area contributed by atoms with Crippen LogP contribution in [-0.2, 0) is 17.9 Å². The zero-order chi connectivity index (χ0) is 19.8. The molecule has 4 aromatic rings. The van der Waals surface area contributed by atoms with Crippen LogP contribution in [0.4, 0.5) is 0 Å². The zero-order valence-corrected chi connectivity index (χ0v) is 15.9. The molecule has 5 rings (SSSR count). The van der Waals surface area contributed by atoms with Crippen molar-refractivity contribution in [2.45, 2.75) is 26.2 Å². The van der Waals surface area contributed by atoms with Crippen molar-refractivity contribution >= 4 is 0 Å². The van der Waals surface area contributed by atoms with Crippen LogP contribution in [0.3, 0.4) is 0 Å². The summed E-state index contributed by atoms with van der Waals surface area (Å²) in [5, 5.41) is 12.6. The summed E-state index contributed by atoms with van der Waals surface area (Å²) in [5.74, 6) is 1.24. The first-order chi connectivity index (χ1) is 14.2. The molecular weight excluding hydrogens is 372 g/mol. The highest BCUT2D eigenvalue weighted by Crippen LogP contribution is 2.30. The third-order valence-electron chi connectivity index (χ3n) is 4.88. The minimum atomic E-state index is -0.0659. The molecule has 0 spiro atoms. The van der Waals surface area contributed by atoms with E-state index in [4.69, 9.17) is 14.0 Å². The van der Waals surface area contributed by atoms with Crippen LogP contribution >= 0.6 is 0 Å². The van der Waals surface area contributed by atoms with Crippen LogP contribution in [0, 0.1) is 6.92 Å². The lowest BCUT2D eigenvalue weighted by Crippen LogP contribution is -2.22. The Hall–Kier alpha value is -3.59. The van der Waals surface area contributed by atoms with Gasteiger partial charge in [-0.05, 0) is 18.6 Å². The molecule has 0 saturated carbocycles. The molecule has 1 atom stereocenters. The van der Waals surface area contributed by atoms with Gasteiger partial charge in [0.2, 0.25) is 11.7 Å². The number of rotatable bonds is 4. The number of pyridine rings is 1. The molecule has 0 unspecified atom stereocenters. The van der Waals surface area contributed by atoms with Crippen LogP contribution in [-0.4, -0.2) is 37.2 Å². The number of fused-ring (bicyclic) bond motifs is 1. The highest BCUT2D eigenvalue weighted by atomic mass is 16.5.